The van der Waals surface area contributed by atoms with E-state index in [0.29, 0.717) is 6.42 Å². The van der Waals surface area contributed by atoms with Crippen LogP contribution in [0.5, 0.6) is 0 Å². The molecule has 0 aliphatic carbocycles. The fourth-order valence-electron chi connectivity index (χ4n) is 2.25. The van der Waals surface area contributed by atoms with Gasteiger partial charge in [-0.2, -0.15) is 0 Å². The van der Waals surface area contributed by atoms with Crippen LogP contribution < -0.4 is 0 Å². The summed E-state index contributed by atoms with van der Waals surface area (Å²) < 4.78 is 0. The summed E-state index contributed by atoms with van der Waals surface area (Å²) in [6.45, 7) is 2.15. The van der Waals surface area contributed by atoms with Gasteiger partial charge in [0.1, 0.15) is 0 Å². The van der Waals surface area contributed by atoms with Gasteiger partial charge in [-0.3, -0.25) is 4.79 Å². The summed E-state index contributed by atoms with van der Waals surface area (Å²) in [6.07, 6.45) is 8.03. The summed E-state index contributed by atoms with van der Waals surface area (Å²) in [6, 6.07) is 18.1. The molecule has 108 valence electrons. The summed E-state index contributed by atoms with van der Waals surface area (Å²) in [7, 11) is 0. The van der Waals surface area contributed by atoms with Crippen molar-refractivity contribution in [3.63, 3.8) is 0 Å². The van der Waals surface area contributed by atoms with Crippen molar-refractivity contribution < 1.29 is 4.79 Å². The first kappa shape index (κ1) is 15.2. The number of hydrogen-bond donors (Lipinski definition) is 0. The van der Waals surface area contributed by atoms with Crippen LogP contribution in [0.25, 0.3) is 12.2 Å². The van der Waals surface area contributed by atoms with E-state index in [1.807, 2.05) is 42.5 Å². The zero-order valence-electron chi connectivity index (χ0n) is 12.6. The Kier molecular flexibility index (Phi) is 5.96. The standard InChI is InChI=1S/C20H22O/c1-2-3-5-13-20(21)19-12-8-11-18(16-19)15-14-17-9-6-4-7-10-17/h4,6-12,14-16H,2-3,5,13H2,1H3/b15-14+. The molecule has 0 radical (unpaired) electrons. The van der Waals surface area contributed by atoms with E-state index >= 15 is 0 Å². The van der Waals surface area contributed by atoms with Crippen LogP contribution in [0.3, 0.4) is 0 Å². The van der Waals surface area contributed by atoms with Crippen molar-refractivity contribution in [1.29, 1.82) is 0 Å². The third kappa shape index (κ3) is 5.03. The minimum Gasteiger partial charge on any atom is -0.294 e. The highest BCUT2D eigenvalue weighted by Crippen LogP contribution is 2.13. The molecule has 0 bridgehead atoms. The average molecular weight is 278 g/mol. The van der Waals surface area contributed by atoms with Crippen LogP contribution in [0, 0.1) is 0 Å². The molecule has 0 aliphatic heterocycles. The lowest BCUT2D eigenvalue weighted by Crippen LogP contribution is -1.98. The average Bonchev–Trinajstić information content (AvgIpc) is 2.54. The van der Waals surface area contributed by atoms with E-state index in [0.717, 1.165) is 36.0 Å². The largest absolute Gasteiger partial charge is 0.294 e. The predicted molar refractivity (Wildman–Crippen MR) is 90.3 cm³/mol. The first-order valence-electron chi connectivity index (χ1n) is 7.66. The first-order valence-corrected chi connectivity index (χ1v) is 7.66. The van der Waals surface area contributed by atoms with Gasteiger partial charge in [-0.15, -0.1) is 0 Å². The van der Waals surface area contributed by atoms with Crippen LogP contribution in [0.15, 0.2) is 54.6 Å². The van der Waals surface area contributed by atoms with Crippen molar-refractivity contribution in [2.75, 3.05) is 0 Å². The number of carbonyl (C=O) groups excluding carboxylic acids is 1. The van der Waals surface area contributed by atoms with E-state index in [1.165, 1.54) is 0 Å². The van der Waals surface area contributed by atoms with Crippen LogP contribution in [-0.2, 0) is 0 Å². The number of rotatable bonds is 7. The summed E-state index contributed by atoms with van der Waals surface area (Å²) >= 11 is 0. The maximum absolute atomic E-state index is 12.1. The lowest BCUT2D eigenvalue weighted by molar-refractivity contribution is 0.0979. The van der Waals surface area contributed by atoms with Crippen LogP contribution in [0.2, 0.25) is 0 Å². The number of ketones is 1. The number of carbonyl (C=O) groups is 1. The molecule has 21 heavy (non-hydrogen) atoms. The minimum absolute atomic E-state index is 0.249. The molecule has 0 atom stereocenters. The number of Topliss-reactive ketones (excluding diaryl/α,β-unsaturated/α-hetero) is 1. The molecule has 1 heteroatoms. The normalized spacial score (nSPS) is 10.9. The van der Waals surface area contributed by atoms with Gasteiger partial charge in [-0.1, -0.05) is 80.4 Å². The zero-order valence-corrected chi connectivity index (χ0v) is 12.6. The first-order chi connectivity index (χ1) is 10.3. The third-order valence-electron chi connectivity index (χ3n) is 3.48. The number of hydrogen-bond acceptors (Lipinski definition) is 1. The van der Waals surface area contributed by atoms with Crippen LogP contribution in [0.1, 0.15) is 54.1 Å². The molecule has 2 aromatic carbocycles. The topological polar surface area (TPSA) is 17.1 Å². The van der Waals surface area contributed by atoms with Gasteiger partial charge in [0.15, 0.2) is 5.78 Å². The van der Waals surface area contributed by atoms with Gasteiger partial charge >= 0.3 is 0 Å². The molecule has 0 amide bonds. The quantitative estimate of drug-likeness (QED) is 0.365. The molecule has 0 spiro atoms. The van der Waals surface area contributed by atoms with Crippen LogP contribution in [0.4, 0.5) is 0 Å². The smallest absolute Gasteiger partial charge is 0.162 e. The van der Waals surface area contributed by atoms with Crippen LogP contribution >= 0.6 is 0 Å². The second kappa shape index (κ2) is 8.21. The van der Waals surface area contributed by atoms with Crippen molar-refractivity contribution in [2.45, 2.75) is 32.6 Å². The van der Waals surface area contributed by atoms with Gasteiger partial charge in [-0.25, -0.2) is 0 Å². The molecule has 0 unspecified atom stereocenters. The van der Waals surface area contributed by atoms with Gasteiger partial charge in [0.25, 0.3) is 0 Å². The van der Waals surface area contributed by atoms with E-state index in [2.05, 4.69) is 31.2 Å². The van der Waals surface area contributed by atoms with Crippen molar-refractivity contribution in [3.8, 4) is 0 Å². The van der Waals surface area contributed by atoms with E-state index in [9.17, 15) is 4.79 Å². The lowest BCUT2D eigenvalue weighted by atomic mass is 10.0. The highest BCUT2D eigenvalue weighted by atomic mass is 16.1. The molecule has 0 fully saturated rings. The van der Waals surface area contributed by atoms with E-state index in [-0.39, 0.29) is 5.78 Å². The zero-order chi connectivity index (χ0) is 14.9. The molecular formula is C20H22O. The molecule has 2 aromatic rings. The molecule has 0 saturated carbocycles. The van der Waals surface area contributed by atoms with E-state index in [1.54, 1.807) is 0 Å². The molecule has 0 N–H and O–H groups in total. The second-order valence-electron chi connectivity index (χ2n) is 5.25. The Morgan fingerprint density at radius 3 is 2.38 bits per heavy atom. The number of unbranched alkanes of at least 4 members (excludes halogenated alkanes) is 2. The molecule has 0 heterocycles. The summed E-state index contributed by atoms with van der Waals surface area (Å²) in [4.78, 5) is 12.1. The molecule has 1 nitrogen and oxygen atoms in total. The summed E-state index contributed by atoms with van der Waals surface area (Å²) in [5.41, 5.74) is 3.05. The fourth-order valence-corrected chi connectivity index (χ4v) is 2.25. The summed E-state index contributed by atoms with van der Waals surface area (Å²) in [5, 5.41) is 0. The Labute approximate surface area is 127 Å². The highest BCUT2D eigenvalue weighted by molar-refractivity contribution is 5.96. The lowest BCUT2D eigenvalue weighted by Gasteiger charge is -2.02. The Morgan fingerprint density at radius 1 is 0.905 bits per heavy atom. The maximum Gasteiger partial charge on any atom is 0.162 e. The number of benzene rings is 2. The Morgan fingerprint density at radius 2 is 1.62 bits per heavy atom. The van der Waals surface area contributed by atoms with Crippen molar-refractivity contribution in [2.24, 2.45) is 0 Å². The maximum atomic E-state index is 12.1. The van der Waals surface area contributed by atoms with Crippen molar-refractivity contribution in [3.05, 3.63) is 71.3 Å². The SMILES string of the molecule is CCCCCC(=O)c1cccc(/C=C/c2ccccc2)c1. The van der Waals surface area contributed by atoms with E-state index < -0.39 is 0 Å². The van der Waals surface area contributed by atoms with Crippen LogP contribution in [-0.4, -0.2) is 5.78 Å². The van der Waals surface area contributed by atoms with Crippen molar-refractivity contribution in [1.82, 2.24) is 0 Å². The Bertz CT molecular complexity index is 596. The predicted octanol–water partition coefficient (Wildman–Crippen LogP) is 5.62. The third-order valence-corrected chi connectivity index (χ3v) is 3.48. The van der Waals surface area contributed by atoms with Gasteiger partial charge in [-0.05, 0) is 23.6 Å². The molecule has 2 rings (SSSR count). The molecule has 0 aromatic heterocycles. The second-order valence-corrected chi connectivity index (χ2v) is 5.25. The molecular weight excluding hydrogens is 256 g/mol. The van der Waals surface area contributed by atoms with Gasteiger partial charge in [0.2, 0.25) is 0 Å². The summed E-state index contributed by atoms with van der Waals surface area (Å²) in [5.74, 6) is 0.249. The molecule has 0 saturated heterocycles. The highest BCUT2D eigenvalue weighted by Gasteiger charge is 2.05. The minimum atomic E-state index is 0.249. The Balaban J connectivity index is 2.04. The van der Waals surface area contributed by atoms with Crippen molar-refractivity contribution >= 4 is 17.9 Å². The monoisotopic (exact) mass is 278 g/mol. The van der Waals surface area contributed by atoms with Gasteiger partial charge in [0.05, 0.1) is 0 Å². The Hall–Kier alpha value is -2.15. The van der Waals surface area contributed by atoms with E-state index in [4.69, 9.17) is 0 Å². The van der Waals surface area contributed by atoms with Gasteiger partial charge in [0, 0.05) is 12.0 Å². The fraction of sp³-hybridized carbons (Fsp3) is 0.250. The van der Waals surface area contributed by atoms with Gasteiger partial charge < -0.3 is 0 Å². The molecule has 0 aliphatic rings.